The Morgan fingerprint density at radius 3 is 2.50 bits per heavy atom. The van der Waals surface area contributed by atoms with Gasteiger partial charge in [-0.3, -0.25) is 0 Å². The van der Waals surface area contributed by atoms with Crippen LogP contribution in [0.25, 0.3) is 0 Å². The summed E-state index contributed by atoms with van der Waals surface area (Å²) in [6, 6.07) is 7.06. The van der Waals surface area contributed by atoms with Gasteiger partial charge in [-0.1, -0.05) is 29.8 Å². The quantitative estimate of drug-likeness (QED) is 0.654. The van der Waals surface area contributed by atoms with Gasteiger partial charge in [0.15, 0.2) is 5.50 Å². The first-order chi connectivity index (χ1) is 5.74. The van der Waals surface area contributed by atoms with E-state index in [1.807, 2.05) is 19.1 Å². The number of benzene rings is 1. The monoisotopic (exact) mass is 181 g/mol. The summed E-state index contributed by atoms with van der Waals surface area (Å²) in [5.41, 5.74) is 0.413. The third kappa shape index (κ3) is 2.24. The molecule has 0 aliphatic heterocycles. The number of alkyl halides is 1. The first kappa shape index (κ1) is 9.08. The van der Waals surface area contributed by atoms with Crippen LogP contribution in [0.4, 0.5) is 4.39 Å². The molecule has 12 heavy (non-hydrogen) atoms. The summed E-state index contributed by atoms with van der Waals surface area (Å²) < 4.78 is 13.0. The summed E-state index contributed by atoms with van der Waals surface area (Å²) in [6.45, 7) is 1.94. The van der Waals surface area contributed by atoms with Gasteiger partial charge in [0.1, 0.15) is 5.40 Å². The molecule has 1 rings (SSSR count). The topological polar surface area (TPSA) is 23.8 Å². The predicted molar refractivity (Wildman–Crippen MR) is 48.2 cm³/mol. The summed E-state index contributed by atoms with van der Waals surface area (Å²) in [6.07, 6.45) is 0. The van der Waals surface area contributed by atoms with Crippen molar-refractivity contribution >= 4 is 11.8 Å². The molecule has 1 atom stereocenters. The molecule has 0 saturated heterocycles. The Balaban J connectivity index is 2.76. The molecule has 0 heterocycles. The first-order valence-electron chi connectivity index (χ1n) is 3.49. The smallest absolute Gasteiger partial charge is 0.184 e. The third-order valence-electron chi connectivity index (χ3n) is 1.50. The Morgan fingerprint density at radius 1 is 1.42 bits per heavy atom. The van der Waals surface area contributed by atoms with Gasteiger partial charge in [-0.2, -0.15) is 5.26 Å². The molecule has 0 amide bonds. The SMILES string of the molecule is Cc1ccc(C(F)SC#N)cc1. The van der Waals surface area contributed by atoms with Gasteiger partial charge in [-0.25, -0.2) is 4.39 Å². The van der Waals surface area contributed by atoms with Crippen LogP contribution in [0, 0.1) is 17.6 Å². The Bertz CT molecular complexity index is 288. The van der Waals surface area contributed by atoms with Crippen molar-refractivity contribution in [3.8, 4) is 5.40 Å². The molecule has 1 nitrogen and oxygen atoms in total. The molecule has 0 aliphatic rings. The van der Waals surface area contributed by atoms with Crippen LogP contribution in [-0.2, 0) is 0 Å². The van der Waals surface area contributed by atoms with Crippen molar-refractivity contribution in [3.05, 3.63) is 35.4 Å². The van der Waals surface area contributed by atoms with Gasteiger partial charge in [0.25, 0.3) is 0 Å². The lowest BCUT2D eigenvalue weighted by molar-refractivity contribution is 0.471. The molecular formula is C9H8FNS. The van der Waals surface area contributed by atoms with Crippen LogP contribution in [0.1, 0.15) is 16.6 Å². The minimum Gasteiger partial charge on any atom is -0.229 e. The summed E-state index contributed by atoms with van der Waals surface area (Å²) in [5, 5.41) is 9.95. The normalized spacial score (nSPS) is 12.1. The number of halogens is 1. The highest BCUT2D eigenvalue weighted by atomic mass is 32.2. The lowest BCUT2D eigenvalue weighted by Gasteiger charge is -2.02. The zero-order chi connectivity index (χ0) is 8.97. The minimum atomic E-state index is -1.23. The molecule has 0 fully saturated rings. The second-order valence-corrected chi connectivity index (χ2v) is 3.27. The molecule has 1 aromatic rings. The van der Waals surface area contributed by atoms with Crippen LogP contribution in [0.2, 0.25) is 0 Å². The fourth-order valence-corrected chi connectivity index (χ4v) is 1.22. The van der Waals surface area contributed by atoms with Crippen molar-refractivity contribution < 1.29 is 4.39 Å². The largest absolute Gasteiger partial charge is 0.229 e. The number of nitriles is 1. The molecule has 1 unspecified atom stereocenters. The van der Waals surface area contributed by atoms with Crippen molar-refractivity contribution in [2.75, 3.05) is 0 Å². The molecule has 0 saturated carbocycles. The van der Waals surface area contributed by atoms with Crippen molar-refractivity contribution in [2.24, 2.45) is 0 Å². The minimum absolute atomic E-state index is 0.548. The van der Waals surface area contributed by atoms with E-state index in [9.17, 15) is 4.39 Å². The molecule has 0 aliphatic carbocycles. The van der Waals surface area contributed by atoms with E-state index in [0.29, 0.717) is 17.3 Å². The number of hydrogen-bond donors (Lipinski definition) is 0. The summed E-state index contributed by atoms with van der Waals surface area (Å²) in [7, 11) is 0. The highest BCUT2D eigenvalue weighted by Crippen LogP contribution is 2.28. The molecule has 0 radical (unpaired) electrons. The lowest BCUT2D eigenvalue weighted by atomic mass is 10.2. The van der Waals surface area contributed by atoms with Gasteiger partial charge in [0.05, 0.1) is 0 Å². The van der Waals surface area contributed by atoms with E-state index in [-0.39, 0.29) is 0 Å². The highest BCUT2D eigenvalue weighted by molar-refractivity contribution is 8.03. The number of thioether (sulfide) groups is 1. The number of rotatable bonds is 2. The zero-order valence-electron chi connectivity index (χ0n) is 6.62. The van der Waals surface area contributed by atoms with Crippen molar-refractivity contribution in [3.63, 3.8) is 0 Å². The molecule has 3 heteroatoms. The Morgan fingerprint density at radius 2 is 2.00 bits per heavy atom. The maximum Gasteiger partial charge on any atom is 0.184 e. The fourth-order valence-electron chi connectivity index (χ4n) is 0.832. The van der Waals surface area contributed by atoms with Crippen molar-refractivity contribution in [1.82, 2.24) is 0 Å². The van der Waals surface area contributed by atoms with Crippen molar-refractivity contribution in [1.29, 1.82) is 5.26 Å². The molecular weight excluding hydrogens is 173 g/mol. The number of hydrogen-bond acceptors (Lipinski definition) is 2. The lowest BCUT2D eigenvalue weighted by Crippen LogP contribution is -1.84. The zero-order valence-corrected chi connectivity index (χ0v) is 7.44. The Labute approximate surface area is 75.2 Å². The molecule has 0 spiro atoms. The van der Waals surface area contributed by atoms with Crippen molar-refractivity contribution in [2.45, 2.75) is 12.4 Å². The second kappa shape index (κ2) is 4.13. The van der Waals surface area contributed by atoms with E-state index in [1.165, 1.54) is 0 Å². The van der Waals surface area contributed by atoms with E-state index < -0.39 is 5.50 Å². The molecule has 1 aromatic carbocycles. The van der Waals surface area contributed by atoms with Crippen LogP contribution < -0.4 is 0 Å². The molecule has 62 valence electrons. The van der Waals surface area contributed by atoms with Crippen LogP contribution in [0.5, 0.6) is 0 Å². The maximum absolute atomic E-state index is 13.0. The van der Waals surface area contributed by atoms with E-state index >= 15 is 0 Å². The summed E-state index contributed by atoms with van der Waals surface area (Å²) in [4.78, 5) is 0. The van der Waals surface area contributed by atoms with Crippen LogP contribution in [-0.4, -0.2) is 0 Å². The third-order valence-corrected chi connectivity index (χ3v) is 2.08. The van der Waals surface area contributed by atoms with Crippen LogP contribution in [0.15, 0.2) is 24.3 Å². The predicted octanol–water partition coefficient (Wildman–Crippen LogP) is 3.18. The van der Waals surface area contributed by atoms with E-state index in [4.69, 9.17) is 5.26 Å². The standard InChI is InChI=1S/C9H8FNS/c1-7-2-4-8(5-3-7)9(10)12-6-11/h2-5,9H,1H3. The van der Waals surface area contributed by atoms with Crippen LogP contribution in [0.3, 0.4) is 0 Å². The molecule has 0 bridgehead atoms. The van der Waals surface area contributed by atoms with E-state index in [1.54, 1.807) is 17.5 Å². The van der Waals surface area contributed by atoms with Gasteiger partial charge in [-0.15, -0.1) is 0 Å². The van der Waals surface area contributed by atoms with Gasteiger partial charge in [0.2, 0.25) is 0 Å². The number of aryl methyl sites for hydroxylation is 1. The first-order valence-corrected chi connectivity index (χ1v) is 4.37. The number of thiocyanates is 1. The van der Waals surface area contributed by atoms with E-state index in [2.05, 4.69) is 0 Å². The van der Waals surface area contributed by atoms with E-state index in [0.717, 1.165) is 5.56 Å². The van der Waals surface area contributed by atoms with Crippen LogP contribution >= 0.6 is 11.8 Å². The second-order valence-electron chi connectivity index (χ2n) is 2.44. The molecule has 0 aromatic heterocycles. The average Bonchev–Trinajstić information content (AvgIpc) is 2.06. The van der Waals surface area contributed by atoms with Gasteiger partial charge in [0, 0.05) is 0 Å². The summed E-state index contributed by atoms with van der Waals surface area (Å²) >= 11 is 0.629. The fraction of sp³-hybridized carbons (Fsp3) is 0.222. The Kier molecular flexibility index (Phi) is 3.12. The average molecular weight is 181 g/mol. The molecule has 0 N–H and O–H groups in total. The number of nitrogens with zero attached hydrogens (tertiary/aromatic N) is 1. The van der Waals surface area contributed by atoms with Gasteiger partial charge >= 0.3 is 0 Å². The maximum atomic E-state index is 13.0. The Hall–Kier alpha value is -1.01. The summed E-state index contributed by atoms with van der Waals surface area (Å²) in [5.74, 6) is 0. The van der Waals surface area contributed by atoms with Gasteiger partial charge in [-0.05, 0) is 24.2 Å². The van der Waals surface area contributed by atoms with Gasteiger partial charge < -0.3 is 0 Å². The highest BCUT2D eigenvalue weighted by Gasteiger charge is 2.08.